The summed E-state index contributed by atoms with van der Waals surface area (Å²) in [4.78, 5) is 5.54. The van der Waals surface area contributed by atoms with Gasteiger partial charge in [0.05, 0.1) is 5.69 Å². The van der Waals surface area contributed by atoms with Crippen LogP contribution in [-0.2, 0) is 16.2 Å². The average Bonchev–Trinajstić information content (AvgIpc) is 3.22. The second kappa shape index (κ2) is 12.7. The van der Waals surface area contributed by atoms with Gasteiger partial charge >= 0.3 is 0 Å². The topological polar surface area (TPSA) is 3.24 Å². The van der Waals surface area contributed by atoms with E-state index in [1.165, 1.54) is 105 Å². The second-order valence-electron chi connectivity index (χ2n) is 19.2. The third-order valence-corrected chi connectivity index (χ3v) is 16.4. The molecule has 4 bridgehead atoms. The molecule has 12 rings (SSSR count). The van der Waals surface area contributed by atoms with Gasteiger partial charge in [0.15, 0.2) is 0 Å². The average molecular weight is 748 g/mol. The molecule has 6 aromatic rings. The normalized spacial score (nSPS) is 26.0. The molecule has 0 aromatic heterocycles. The van der Waals surface area contributed by atoms with Crippen LogP contribution in [0.15, 0.2) is 149 Å². The Morgan fingerprint density at radius 1 is 0.500 bits per heavy atom. The van der Waals surface area contributed by atoms with Crippen molar-refractivity contribution < 1.29 is 0 Å². The van der Waals surface area contributed by atoms with Crippen LogP contribution < -0.4 is 4.90 Å². The van der Waals surface area contributed by atoms with Crippen molar-refractivity contribution in [3.63, 3.8) is 0 Å². The van der Waals surface area contributed by atoms with E-state index in [9.17, 15) is 0 Å². The summed E-state index contributed by atoms with van der Waals surface area (Å²) in [5.41, 5.74) is 15.6. The molecule has 4 saturated carbocycles. The molecule has 1 spiro atoms. The molecule has 1 nitrogen and oxygen atoms in total. The van der Waals surface area contributed by atoms with Crippen LogP contribution >= 0.6 is 11.8 Å². The molecule has 6 aliphatic rings. The molecule has 1 aliphatic heterocycles. The Labute approximate surface area is 338 Å². The van der Waals surface area contributed by atoms with E-state index in [4.69, 9.17) is 0 Å². The Bertz CT molecular complexity index is 2430. The molecule has 0 saturated heterocycles. The van der Waals surface area contributed by atoms with Gasteiger partial charge in [-0.15, -0.1) is 0 Å². The van der Waals surface area contributed by atoms with E-state index < -0.39 is 0 Å². The number of nitrogens with zero attached hydrogens (tertiary/aromatic N) is 1. The zero-order valence-corrected chi connectivity index (χ0v) is 34.2. The van der Waals surface area contributed by atoms with E-state index in [1.54, 1.807) is 11.1 Å². The highest BCUT2D eigenvalue weighted by Crippen LogP contribution is 2.70. The van der Waals surface area contributed by atoms with Crippen LogP contribution in [0, 0.1) is 23.7 Å². The SMILES string of the molecule is CC1(C)CCC(C)(C)c2cc(N(c3ccc(-c4ccccc4)cc3)c3cccc4c3Sc3cccc(-c5ccccc5)c3C43C4CC5CC(C4)CC3C5)ccc21. The number of benzene rings is 6. The van der Waals surface area contributed by atoms with Gasteiger partial charge in [0.1, 0.15) is 0 Å². The summed E-state index contributed by atoms with van der Waals surface area (Å²) in [6.45, 7) is 9.80. The van der Waals surface area contributed by atoms with Crippen LogP contribution in [0.1, 0.15) is 94.9 Å². The Balaban J connectivity index is 1.15. The molecule has 4 fully saturated rings. The fourth-order valence-corrected chi connectivity index (χ4v) is 14.0. The van der Waals surface area contributed by atoms with Gasteiger partial charge in [0, 0.05) is 26.6 Å². The first-order valence-corrected chi connectivity index (χ1v) is 22.1. The largest absolute Gasteiger partial charge is 0.309 e. The first-order chi connectivity index (χ1) is 27.2. The Morgan fingerprint density at radius 3 is 1.77 bits per heavy atom. The molecule has 56 heavy (non-hydrogen) atoms. The van der Waals surface area contributed by atoms with Gasteiger partial charge in [0.2, 0.25) is 0 Å². The summed E-state index contributed by atoms with van der Waals surface area (Å²) < 4.78 is 0. The summed E-state index contributed by atoms with van der Waals surface area (Å²) in [6.07, 6.45) is 9.34. The van der Waals surface area contributed by atoms with Crippen LogP contribution in [0.5, 0.6) is 0 Å². The predicted molar refractivity (Wildman–Crippen MR) is 236 cm³/mol. The highest BCUT2D eigenvalue weighted by Gasteiger charge is 2.61. The number of hydrogen-bond donors (Lipinski definition) is 0. The molecule has 0 radical (unpaired) electrons. The minimum atomic E-state index is 0.0104. The summed E-state index contributed by atoms with van der Waals surface area (Å²) in [5.74, 6) is 3.11. The van der Waals surface area contributed by atoms with Gasteiger partial charge in [-0.1, -0.05) is 143 Å². The van der Waals surface area contributed by atoms with Gasteiger partial charge in [-0.2, -0.15) is 0 Å². The maximum absolute atomic E-state index is 2.62. The third kappa shape index (κ3) is 5.20. The molecule has 280 valence electrons. The molecule has 2 heteroatoms. The van der Waals surface area contributed by atoms with Gasteiger partial charge in [0.25, 0.3) is 0 Å². The summed E-state index contributed by atoms with van der Waals surface area (Å²) >= 11 is 2.04. The first kappa shape index (κ1) is 34.7. The van der Waals surface area contributed by atoms with Crippen molar-refractivity contribution in [2.45, 2.75) is 98.7 Å². The summed E-state index contributed by atoms with van der Waals surface area (Å²) in [6, 6.07) is 53.6. The minimum Gasteiger partial charge on any atom is -0.309 e. The van der Waals surface area contributed by atoms with Crippen molar-refractivity contribution in [2.75, 3.05) is 4.90 Å². The maximum Gasteiger partial charge on any atom is 0.0604 e. The van der Waals surface area contributed by atoms with Crippen molar-refractivity contribution in [1.29, 1.82) is 0 Å². The van der Waals surface area contributed by atoms with Crippen molar-refractivity contribution in [1.82, 2.24) is 0 Å². The molecular weight excluding hydrogens is 695 g/mol. The molecule has 0 amide bonds. The Morgan fingerprint density at radius 2 is 1.09 bits per heavy atom. The van der Waals surface area contributed by atoms with Crippen LogP contribution in [0.3, 0.4) is 0 Å². The molecule has 0 atom stereocenters. The van der Waals surface area contributed by atoms with Crippen LogP contribution in [0.4, 0.5) is 17.1 Å². The third-order valence-electron chi connectivity index (χ3n) is 15.2. The molecule has 5 aliphatic carbocycles. The van der Waals surface area contributed by atoms with Crippen LogP contribution in [0.25, 0.3) is 22.3 Å². The molecule has 0 unspecified atom stereocenters. The van der Waals surface area contributed by atoms with E-state index in [-0.39, 0.29) is 16.2 Å². The summed E-state index contributed by atoms with van der Waals surface area (Å²) in [7, 11) is 0. The first-order valence-electron chi connectivity index (χ1n) is 21.3. The van der Waals surface area contributed by atoms with Gasteiger partial charge in [-0.05, 0) is 160 Å². The van der Waals surface area contributed by atoms with Gasteiger partial charge in [-0.25, -0.2) is 0 Å². The predicted octanol–water partition coefficient (Wildman–Crippen LogP) is 15.0. The lowest BCUT2D eigenvalue weighted by molar-refractivity contribution is -0.0441. The van der Waals surface area contributed by atoms with Crippen LogP contribution in [0.2, 0.25) is 0 Å². The number of rotatable bonds is 5. The number of hydrogen-bond acceptors (Lipinski definition) is 2. The number of fused-ring (bicyclic) bond motifs is 3. The lowest BCUT2D eigenvalue weighted by atomic mass is 9.41. The lowest BCUT2D eigenvalue weighted by Crippen LogP contribution is -2.57. The molecular formula is C54H53NS. The molecule has 6 aromatic carbocycles. The fraction of sp³-hybridized carbons (Fsp3) is 0.333. The second-order valence-corrected chi connectivity index (χ2v) is 20.3. The van der Waals surface area contributed by atoms with E-state index in [0.29, 0.717) is 11.8 Å². The van der Waals surface area contributed by atoms with E-state index in [1.807, 2.05) is 11.8 Å². The van der Waals surface area contributed by atoms with Crippen molar-refractivity contribution >= 4 is 28.8 Å². The smallest absolute Gasteiger partial charge is 0.0604 e. The standard InChI is InChI=1S/C54H53NS/c1-52(2)27-28-53(3,4)47-34-43(25-26-45(47)52)55(42-23-21-38(22-24-42)37-13-7-5-8-14-37)48-19-12-18-46-51(48)56-49-20-11-17-44(39-15-9-6-10-16-39)50(49)54(46)40-30-35-29-36(32-40)33-41(54)31-35/h5-26,34-36,40-41H,27-33H2,1-4H3. The molecule has 0 N–H and O–H groups in total. The zero-order valence-electron chi connectivity index (χ0n) is 33.4. The van der Waals surface area contributed by atoms with Crippen molar-refractivity contribution in [3.8, 4) is 22.3 Å². The zero-order chi connectivity index (χ0) is 37.8. The van der Waals surface area contributed by atoms with E-state index in [0.717, 1.165) is 11.8 Å². The minimum absolute atomic E-state index is 0.0104. The van der Waals surface area contributed by atoms with Crippen molar-refractivity contribution in [3.05, 3.63) is 162 Å². The highest BCUT2D eigenvalue weighted by atomic mass is 32.2. The monoisotopic (exact) mass is 747 g/mol. The Hall–Kier alpha value is -4.53. The van der Waals surface area contributed by atoms with Crippen molar-refractivity contribution in [2.24, 2.45) is 23.7 Å². The van der Waals surface area contributed by atoms with Crippen LogP contribution in [-0.4, -0.2) is 0 Å². The van der Waals surface area contributed by atoms with Gasteiger partial charge in [-0.3, -0.25) is 0 Å². The van der Waals surface area contributed by atoms with E-state index >= 15 is 0 Å². The summed E-state index contributed by atoms with van der Waals surface area (Å²) in [5, 5.41) is 0. The quantitative estimate of drug-likeness (QED) is 0.173. The fourth-order valence-electron chi connectivity index (χ4n) is 12.6. The Kier molecular flexibility index (Phi) is 7.89. The number of anilines is 3. The highest BCUT2D eigenvalue weighted by molar-refractivity contribution is 7.99. The van der Waals surface area contributed by atoms with Gasteiger partial charge < -0.3 is 4.90 Å². The van der Waals surface area contributed by atoms with E-state index in [2.05, 4.69) is 172 Å². The lowest BCUT2D eigenvalue weighted by Gasteiger charge is -2.63. The molecule has 1 heterocycles. The maximum atomic E-state index is 2.62.